The zero-order chi connectivity index (χ0) is 24.6. The number of rotatable bonds is 22. The largest absolute Gasteiger partial charge is 0.735 e. The summed E-state index contributed by atoms with van der Waals surface area (Å²) in [6.07, 6.45) is 29.7. The molecule has 0 heterocycles. The summed E-state index contributed by atoms with van der Waals surface area (Å²) in [7, 11) is -3.16. The molecule has 0 unspecified atom stereocenters. The van der Waals surface area contributed by atoms with Crippen molar-refractivity contribution in [3.63, 3.8) is 0 Å². The lowest BCUT2D eigenvalue weighted by Crippen LogP contribution is -2.53. The van der Waals surface area contributed by atoms with Crippen LogP contribution in [0.4, 0.5) is 0 Å². The SMILES string of the molecule is CCCCCCC=CO[Si](OC=CCCCCCC)(OC=CCCCCCC)c1ccccc1. The molecule has 0 bridgehead atoms. The van der Waals surface area contributed by atoms with Gasteiger partial charge in [0, 0.05) is 0 Å². The highest BCUT2D eigenvalue weighted by atomic mass is 28.4. The van der Waals surface area contributed by atoms with Crippen molar-refractivity contribution in [1.82, 2.24) is 0 Å². The van der Waals surface area contributed by atoms with Crippen LogP contribution in [-0.2, 0) is 13.3 Å². The van der Waals surface area contributed by atoms with Crippen LogP contribution in [0.3, 0.4) is 0 Å². The lowest BCUT2D eigenvalue weighted by molar-refractivity contribution is 0.197. The first kappa shape index (κ1) is 30.1. The minimum absolute atomic E-state index is 0.969. The molecule has 0 spiro atoms. The van der Waals surface area contributed by atoms with Crippen molar-refractivity contribution in [2.45, 2.75) is 117 Å². The van der Waals surface area contributed by atoms with E-state index in [-0.39, 0.29) is 0 Å². The van der Waals surface area contributed by atoms with Gasteiger partial charge in [0.25, 0.3) is 0 Å². The molecule has 0 saturated carbocycles. The quantitative estimate of drug-likeness (QED) is 0.0928. The number of benzene rings is 1. The zero-order valence-corrected chi connectivity index (χ0v) is 23.2. The van der Waals surface area contributed by atoms with Gasteiger partial charge in [0.1, 0.15) is 0 Å². The highest BCUT2D eigenvalue weighted by Crippen LogP contribution is 2.15. The van der Waals surface area contributed by atoms with Crippen LogP contribution < -0.4 is 5.19 Å². The van der Waals surface area contributed by atoms with Gasteiger partial charge in [-0.3, -0.25) is 0 Å². The first-order valence-corrected chi connectivity index (χ1v) is 15.6. The fraction of sp³-hybridized carbons (Fsp3) is 0.600. The Bertz CT molecular complexity index is 594. The van der Waals surface area contributed by atoms with Crippen LogP contribution in [-0.4, -0.2) is 8.80 Å². The van der Waals surface area contributed by atoms with E-state index >= 15 is 0 Å². The summed E-state index contributed by atoms with van der Waals surface area (Å²) in [5, 5.41) is 0.969. The molecule has 3 nitrogen and oxygen atoms in total. The minimum atomic E-state index is -3.16. The summed E-state index contributed by atoms with van der Waals surface area (Å²) < 4.78 is 19.0. The molecule has 34 heavy (non-hydrogen) atoms. The average Bonchev–Trinajstić information content (AvgIpc) is 2.87. The molecule has 0 radical (unpaired) electrons. The third-order valence-corrected chi connectivity index (χ3v) is 8.14. The van der Waals surface area contributed by atoms with Crippen LogP contribution in [0.2, 0.25) is 0 Å². The van der Waals surface area contributed by atoms with Gasteiger partial charge in [-0.2, -0.15) is 0 Å². The highest BCUT2D eigenvalue weighted by Gasteiger charge is 2.49. The molecule has 0 aromatic heterocycles. The van der Waals surface area contributed by atoms with E-state index in [0.29, 0.717) is 0 Å². The van der Waals surface area contributed by atoms with E-state index in [9.17, 15) is 0 Å². The normalized spacial score (nSPS) is 13.6. The van der Waals surface area contributed by atoms with E-state index in [1.807, 2.05) is 30.3 Å². The van der Waals surface area contributed by atoms with Gasteiger partial charge in [-0.25, -0.2) is 0 Å². The summed E-state index contributed by atoms with van der Waals surface area (Å²) >= 11 is 0. The Morgan fingerprint density at radius 2 is 0.912 bits per heavy atom. The van der Waals surface area contributed by atoms with Gasteiger partial charge in [-0.15, -0.1) is 0 Å². The van der Waals surface area contributed by atoms with E-state index in [2.05, 4.69) is 39.0 Å². The third kappa shape index (κ3) is 14.3. The number of hydrogen-bond acceptors (Lipinski definition) is 3. The molecule has 0 N–H and O–H groups in total. The monoisotopic (exact) mass is 486 g/mol. The number of allylic oxidation sites excluding steroid dienone is 3. The van der Waals surface area contributed by atoms with Crippen LogP contribution in [0.25, 0.3) is 0 Å². The van der Waals surface area contributed by atoms with E-state index in [4.69, 9.17) is 13.3 Å². The molecule has 1 rings (SSSR count). The Hall–Kier alpha value is -1.94. The van der Waals surface area contributed by atoms with Gasteiger partial charge in [-0.05, 0) is 38.5 Å². The zero-order valence-electron chi connectivity index (χ0n) is 22.2. The molecule has 0 aliphatic heterocycles. The van der Waals surface area contributed by atoms with Crippen molar-refractivity contribution in [1.29, 1.82) is 0 Å². The van der Waals surface area contributed by atoms with Crippen LogP contribution in [0, 0.1) is 0 Å². The lowest BCUT2D eigenvalue weighted by Gasteiger charge is -2.26. The molecular weight excluding hydrogens is 436 g/mol. The summed E-state index contributed by atoms with van der Waals surface area (Å²) in [4.78, 5) is 0. The predicted molar refractivity (Wildman–Crippen MR) is 149 cm³/mol. The maximum Gasteiger partial charge on any atom is 0.735 e. The molecule has 4 heteroatoms. The van der Waals surface area contributed by atoms with Gasteiger partial charge >= 0.3 is 8.80 Å². The van der Waals surface area contributed by atoms with Crippen molar-refractivity contribution in [2.24, 2.45) is 0 Å². The van der Waals surface area contributed by atoms with Gasteiger partial charge in [0.2, 0.25) is 0 Å². The van der Waals surface area contributed by atoms with E-state index in [0.717, 1.165) is 24.4 Å². The highest BCUT2D eigenvalue weighted by molar-refractivity contribution is 6.75. The smallest absolute Gasteiger partial charge is 0.487 e. The van der Waals surface area contributed by atoms with Crippen LogP contribution in [0.15, 0.2) is 67.3 Å². The lowest BCUT2D eigenvalue weighted by atomic mass is 10.2. The summed E-state index contributed by atoms with van der Waals surface area (Å²) in [5.74, 6) is 0. The maximum absolute atomic E-state index is 6.32. The topological polar surface area (TPSA) is 27.7 Å². The van der Waals surface area contributed by atoms with E-state index in [1.54, 1.807) is 18.8 Å². The van der Waals surface area contributed by atoms with Crippen molar-refractivity contribution >= 4 is 14.0 Å². The molecule has 1 aromatic rings. The standard InChI is InChI=1S/C30H50O3Si/c1-4-7-10-13-16-22-27-31-34(30-25-20-19-21-26-30,32-28-23-17-14-11-8-5-2)33-29-24-18-15-12-9-6-3/h19-29H,4-18H2,1-3H3. The van der Waals surface area contributed by atoms with Crippen molar-refractivity contribution in [3.05, 3.63) is 67.3 Å². The van der Waals surface area contributed by atoms with Gasteiger partial charge in [-0.1, -0.05) is 127 Å². The van der Waals surface area contributed by atoms with Crippen molar-refractivity contribution in [3.8, 4) is 0 Å². The van der Waals surface area contributed by atoms with E-state index in [1.165, 1.54) is 77.0 Å². The predicted octanol–water partition coefficient (Wildman–Crippen LogP) is 9.33. The first-order chi connectivity index (χ1) is 16.8. The number of hydrogen-bond donors (Lipinski definition) is 0. The van der Waals surface area contributed by atoms with Gasteiger partial charge < -0.3 is 13.3 Å². The molecule has 0 atom stereocenters. The Balaban J connectivity index is 2.87. The molecule has 0 aliphatic rings. The van der Waals surface area contributed by atoms with E-state index < -0.39 is 8.80 Å². The average molecular weight is 487 g/mol. The molecular formula is C30H50O3Si. The fourth-order valence-corrected chi connectivity index (χ4v) is 5.62. The Labute approximate surface area is 211 Å². The Morgan fingerprint density at radius 3 is 1.26 bits per heavy atom. The maximum atomic E-state index is 6.32. The van der Waals surface area contributed by atoms with Gasteiger partial charge in [0.05, 0.1) is 24.0 Å². The third-order valence-electron chi connectivity index (χ3n) is 5.76. The molecule has 0 amide bonds. The molecule has 1 aromatic carbocycles. The fourth-order valence-electron chi connectivity index (χ4n) is 3.61. The van der Waals surface area contributed by atoms with Gasteiger partial charge in [0.15, 0.2) is 0 Å². The second-order valence-corrected chi connectivity index (χ2v) is 11.3. The second kappa shape index (κ2) is 21.6. The molecule has 0 saturated heterocycles. The number of unbranched alkanes of at least 4 members (excludes halogenated alkanes) is 12. The summed E-state index contributed by atoms with van der Waals surface area (Å²) in [5.41, 5.74) is 0. The minimum Gasteiger partial charge on any atom is -0.487 e. The molecule has 192 valence electrons. The molecule has 0 fully saturated rings. The van der Waals surface area contributed by atoms with Crippen LogP contribution in [0.5, 0.6) is 0 Å². The summed E-state index contributed by atoms with van der Waals surface area (Å²) in [6.45, 7) is 6.71. The second-order valence-electron chi connectivity index (χ2n) is 8.94. The Morgan fingerprint density at radius 1 is 0.529 bits per heavy atom. The van der Waals surface area contributed by atoms with Crippen LogP contribution >= 0.6 is 0 Å². The Kier molecular flexibility index (Phi) is 19.1. The van der Waals surface area contributed by atoms with Crippen molar-refractivity contribution < 1.29 is 13.3 Å². The molecule has 0 aliphatic carbocycles. The first-order valence-electron chi connectivity index (χ1n) is 13.8. The summed E-state index contributed by atoms with van der Waals surface area (Å²) in [6, 6.07) is 10.1. The van der Waals surface area contributed by atoms with Crippen molar-refractivity contribution in [2.75, 3.05) is 0 Å². The van der Waals surface area contributed by atoms with Crippen LogP contribution in [0.1, 0.15) is 117 Å².